The number of hydrogen-bond donors (Lipinski definition) is 1. The Morgan fingerprint density at radius 1 is 1.38 bits per heavy atom. The Bertz CT molecular complexity index is 961. The van der Waals surface area contributed by atoms with Crippen LogP contribution in [0.25, 0.3) is 11.0 Å². The van der Waals surface area contributed by atoms with E-state index in [-0.39, 0.29) is 11.7 Å². The maximum atomic E-state index is 12.1. The third-order valence-corrected chi connectivity index (χ3v) is 4.79. The summed E-state index contributed by atoms with van der Waals surface area (Å²) in [5.74, 6) is 0.0715. The number of para-hydroxylation sites is 2. The Hall–Kier alpha value is -2.49. The lowest BCUT2D eigenvalue weighted by atomic mass is 10.2. The highest BCUT2D eigenvalue weighted by Crippen LogP contribution is 2.23. The summed E-state index contributed by atoms with van der Waals surface area (Å²) in [7, 11) is 1.93. The first-order valence-corrected chi connectivity index (χ1v) is 8.48. The molecule has 0 saturated heterocycles. The Labute approximate surface area is 148 Å². The number of anilines is 1. The molecule has 1 heterocycles. The third-order valence-electron chi connectivity index (χ3n) is 3.45. The van der Waals surface area contributed by atoms with Crippen LogP contribution in [-0.4, -0.2) is 21.2 Å². The molecule has 0 aliphatic heterocycles. The molecular weight excluding hydrogens is 344 g/mol. The highest BCUT2D eigenvalue weighted by Gasteiger charge is 2.11. The lowest BCUT2D eigenvalue weighted by Gasteiger charge is -2.06. The van der Waals surface area contributed by atoms with Crippen molar-refractivity contribution in [3.8, 4) is 6.07 Å². The Balaban J connectivity index is 1.66. The predicted molar refractivity (Wildman–Crippen MR) is 96.2 cm³/mol. The minimum absolute atomic E-state index is 0.159. The van der Waals surface area contributed by atoms with Gasteiger partial charge in [0, 0.05) is 12.7 Å². The first-order chi connectivity index (χ1) is 11.6. The molecule has 1 aromatic heterocycles. The number of rotatable bonds is 4. The fourth-order valence-corrected chi connectivity index (χ4v) is 3.27. The van der Waals surface area contributed by atoms with Crippen molar-refractivity contribution in [1.82, 2.24) is 9.55 Å². The third kappa shape index (κ3) is 3.37. The largest absolute Gasteiger partial charge is 0.325 e. The molecule has 0 fully saturated rings. The monoisotopic (exact) mass is 356 g/mol. The van der Waals surface area contributed by atoms with E-state index in [4.69, 9.17) is 16.9 Å². The van der Waals surface area contributed by atoms with E-state index in [9.17, 15) is 4.79 Å². The molecule has 1 N–H and O–H groups in total. The molecule has 120 valence electrons. The number of hydrogen-bond acceptors (Lipinski definition) is 4. The van der Waals surface area contributed by atoms with Gasteiger partial charge < -0.3 is 9.88 Å². The zero-order chi connectivity index (χ0) is 17.1. The molecule has 7 heteroatoms. The van der Waals surface area contributed by atoms with Gasteiger partial charge in [0.05, 0.1) is 27.4 Å². The minimum atomic E-state index is -0.159. The van der Waals surface area contributed by atoms with Gasteiger partial charge in [-0.15, -0.1) is 0 Å². The van der Waals surface area contributed by atoms with Gasteiger partial charge in [0.1, 0.15) is 6.07 Å². The number of carbonyl (C=O) groups excluding carboxylic acids is 1. The van der Waals surface area contributed by atoms with Gasteiger partial charge in [-0.3, -0.25) is 4.79 Å². The lowest BCUT2D eigenvalue weighted by Crippen LogP contribution is -2.14. The quantitative estimate of drug-likeness (QED) is 0.721. The maximum Gasteiger partial charge on any atom is 0.234 e. The van der Waals surface area contributed by atoms with Crippen molar-refractivity contribution in [1.29, 1.82) is 5.26 Å². The number of nitriles is 1. The molecule has 0 bridgehead atoms. The summed E-state index contributed by atoms with van der Waals surface area (Å²) in [6, 6.07) is 14.6. The second kappa shape index (κ2) is 6.95. The number of fused-ring (bicyclic) bond motifs is 1. The summed E-state index contributed by atoms with van der Waals surface area (Å²) in [5, 5.41) is 12.7. The van der Waals surface area contributed by atoms with Crippen LogP contribution in [0.3, 0.4) is 0 Å². The van der Waals surface area contributed by atoms with Gasteiger partial charge >= 0.3 is 0 Å². The molecule has 0 radical (unpaired) electrons. The van der Waals surface area contributed by atoms with E-state index in [2.05, 4.69) is 10.3 Å². The van der Waals surface area contributed by atoms with E-state index in [1.165, 1.54) is 11.8 Å². The van der Waals surface area contributed by atoms with Crippen LogP contribution in [0.2, 0.25) is 5.02 Å². The number of aryl methyl sites for hydroxylation is 1. The average Bonchev–Trinajstić information content (AvgIpc) is 2.90. The SMILES string of the molecule is Cn1c(SCC(=O)Nc2ccc(C#N)c(Cl)c2)nc2ccccc21. The second-order valence-corrected chi connectivity index (χ2v) is 6.44. The normalized spacial score (nSPS) is 10.5. The first kappa shape index (κ1) is 16.4. The van der Waals surface area contributed by atoms with Crippen molar-refractivity contribution in [2.24, 2.45) is 7.05 Å². The minimum Gasteiger partial charge on any atom is -0.325 e. The van der Waals surface area contributed by atoms with Crippen LogP contribution in [0, 0.1) is 11.3 Å². The van der Waals surface area contributed by atoms with E-state index in [0.29, 0.717) is 16.3 Å². The van der Waals surface area contributed by atoms with E-state index in [1.54, 1.807) is 18.2 Å². The van der Waals surface area contributed by atoms with Gasteiger partial charge in [-0.2, -0.15) is 5.26 Å². The van der Waals surface area contributed by atoms with Crippen molar-refractivity contribution >= 4 is 46.0 Å². The standard InChI is InChI=1S/C17H13ClN4OS/c1-22-15-5-3-2-4-14(15)21-17(22)24-10-16(23)20-12-7-6-11(9-19)13(18)8-12/h2-8H,10H2,1H3,(H,20,23). The molecular formula is C17H13ClN4OS. The number of aromatic nitrogens is 2. The molecule has 5 nitrogen and oxygen atoms in total. The number of halogens is 1. The number of nitrogens with one attached hydrogen (secondary N) is 1. The van der Waals surface area contributed by atoms with Crippen molar-refractivity contribution in [2.75, 3.05) is 11.1 Å². The number of benzene rings is 2. The summed E-state index contributed by atoms with van der Waals surface area (Å²) >= 11 is 7.33. The summed E-state index contributed by atoms with van der Waals surface area (Å²) < 4.78 is 1.96. The highest BCUT2D eigenvalue weighted by molar-refractivity contribution is 7.99. The molecule has 1 amide bonds. The van der Waals surface area contributed by atoms with Crippen molar-refractivity contribution in [3.05, 3.63) is 53.1 Å². The van der Waals surface area contributed by atoms with Gasteiger partial charge in [-0.25, -0.2) is 4.98 Å². The van der Waals surface area contributed by atoms with Gasteiger partial charge in [0.15, 0.2) is 5.16 Å². The summed E-state index contributed by atoms with van der Waals surface area (Å²) in [5.41, 5.74) is 2.87. The van der Waals surface area contributed by atoms with Crippen molar-refractivity contribution in [3.63, 3.8) is 0 Å². The molecule has 0 unspecified atom stereocenters. The summed E-state index contributed by atoms with van der Waals surface area (Å²) in [4.78, 5) is 16.6. The number of imidazole rings is 1. The topological polar surface area (TPSA) is 70.7 Å². The van der Waals surface area contributed by atoms with Crippen LogP contribution in [0.4, 0.5) is 5.69 Å². The smallest absolute Gasteiger partial charge is 0.234 e. The Morgan fingerprint density at radius 2 is 2.17 bits per heavy atom. The van der Waals surface area contributed by atoms with Crippen LogP contribution in [0.5, 0.6) is 0 Å². The molecule has 3 aromatic rings. The second-order valence-electron chi connectivity index (χ2n) is 5.09. The van der Waals surface area contributed by atoms with E-state index in [1.807, 2.05) is 41.9 Å². The first-order valence-electron chi connectivity index (χ1n) is 7.12. The van der Waals surface area contributed by atoms with E-state index >= 15 is 0 Å². The number of carbonyl (C=O) groups is 1. The number of thioether (sulfide) groups is 1. The highest BCUT2D eigenvalue weighted by atomic mass is 35.5. The number of nitrogens with zero attached hydrogens (tertiary/aromatic N) is 3. The van der Waals surface area contributed by atoms with Crippen LogP contribution >= 0.6 is 23.4 Å². The fourth-order valence-electron chi connectivity index (χ4n) is 2.26. The molecule has 0 aliphatic rings. The fraction of sp³-hybridized carbons (Fsp3) is 0.118. The molecule has 0 spiro atoms. The van der Waals surface area contributed by atoms with Crippen molar-refractivity contribution < 1.29 is 4.79 Å². The molecule has 0 saturated carbocycles. The average molecular weight is 357 g/mol. The summed E-state index contributed by atoms with van der Waals surface area (Å²) in [6.07, 6.45) is 0. The van der Waals surface area contributed by atoms with Crippen LogP contribution in [0.15, 0.2) is 47.6 Å². The molecule has 0 atom stereocenters. The van der Waals surface area contributed by atoms with Gasteiger partial charge in [0.25, 0.3) is 0 Å². The lowest BCUT2D eigenvalue weighted by molar-refractivity contribution is -0.113. The van der Waals surface area contributed by atoms with E-state index < -0.39 is 0 Å². The van der Waals surface area contributed by atoms with Gasteiger partial charge in [0.2, 0.25) is 5.91 Å². The zero-order valence-electron chi connectivity index (χ0n) is 12.8. The molecule has 24 heavy (non-hydrogen) atoms. The van der Waals surface area contributed by atoms with Gasteiger partial charge in [-0.05, 0) is 30.3 Å². The summed E-state index contributed by atoms with van der Waals surface area (Å²) in [6.45, 7) is 0. The number of amides is 1. The van der Waals surface area contributed by atoms with Crippen LogP contribution in [0.1, 0.15) is 5.56 Å². The zero-order valence-corrected chi connectivity index (χ0v) is 14.4. The van der Waals surface area contributed by atoms with Gasteiger partial charge in [-0.1, -0.05) is 35.5 Å². The van der Waals surface area contributed by atoms with Crippen molar-refractivity contribution in [2.45, 2.75) is 5.16 Å². The van der Waals surface area contributed by atoms with Crippen LogP contribution < -0.4 is 5.32 Å². The van der Waals surface area contributed by atoms with E-state index in [0.717, 1.165) is 16.2 Å². The molecule has 0 aliphatic carbocycles. The predicted octanol–water partition coefficient (Wildman–Crippen LogP) is 3.83. The Morgan fingerprint density at radius 3 is 2.88 bits per heavy atom. The Kier molecular flexibility index (Phi) is 4.74. The van der Waals surface area contributed by atoms with Crippen LogP contribution in [-0.2, 0) is 11.8 Å². The molecule has 3 rings (SSSR count). The molecule has 2 aromatic carbocycles. The maximum absolute atomic E-state index is 12.1.